The molecule has 0 aliphatic heterocycles. The summed E-state index contributed by atoms with van der Waals surface area (Å²) >= 11 is 3.11. The van der Waals surface area contributed by atoms with E-state index in [1.807, 2.05) is 19.2 Å². The first-order valence-corrected chi connectivity index (χ1v) is 5.85. The van der Waals surface area contributed by atoms with Crippen molar-refractivity contribution in [3.63, 3.8) is 0 Å². The molecule has 0 N–H and O–H groups in total. The summed E-state index contributed by atoms with van der Waals surface area (Å²) < 4.78 is 2.73. The van der Waals surface area contributed by atoms with Gasteiger partial charge in [0.1, 0.15) is 0 Å². The maximum atomic E-state index is 4.33. The molecule has 2 aromatic heterocycles. The summed E-state index contributed by atoms with van der Waals surface area (Å²) in [6.07, 6.45) is 0. The Hall–Kier alpha value is -0.950. The lowest BCUT2D eigenvalue weighted by Crippen LogP contribution is -1.98. The second-order valence-electron chi connectivity index (χ2n) is 2.63. The zero-order valence-electron chi connectivity index (χ0n) is 7.84. The van der Waals surface area contributed by atoms with E-state index in [0.717, 1.165) is 21.7 Å². The summed E-state index contributed by atoms with van der Waals surface area (Å²) in [6, 6.07) is 0. The highest BCUT2D eigenvalue weighted by atomic mass is 32.2. The molecule has 0 fully saturated rings. The molecule has 0 aliphatic carbocycles. The normalized spacial score (nSPS) is 10.7. The summed E-state index contributed by atoms with van der Waals surface area (Å²) in [5.74, 6) is 0. The van der Waals surface area contributed by atoms with E-state index in [-0.39, 0.29) is 0 Å². The maximum absolute atomic E-state index is 4.33. The topological polar surface area (TPSA) is 56.5 Å². The van der Waals surface area contributed by atoms with Crippen LogP contribution in [-0.2, 0) is 6.54 Å². The molecule has 0 unspecified atom stereocenters. The van der Waals surface area contributed by atoms with E-state index in [1.165, 1.54) is 11.8 Å². The SMILES string of the molecule is CCn1nnnc1Sc1nc(C)cs1. The number of aryl methyl sites for hydroxylation is 2. The fourth-order valence-corrected chi connectivity index (χ4v) is 2.70. The van der Waals surface area contributed by atoms with Crippen molar-refractivity contribution in [2.45, 2.75) is 29.9 Å². The molecule has 5 nitrogen and oxygen atoms in total. The highest BCUT2D eigenvalue weighted by molar-refractivity contribution is 8.00. The van der Waals surface area contributed by atoms with E-state index < -0.39 is 0 Å². The molecule has 2 aromatic rings. The van der Waals surface area contributed by atoms with Gasteiger partial charge >= 0.3 is 0 Å². The third kappa shape index (κ3) is 1.93. The van der Waals surface area contributed by atoms with E-state index in [9.17, 15) is 0 Å². The van der Waals surface area contributed by atoms with Crippen LogP contribution in [0.2, 0.25) is 0 Å². The molecule has 0 amide bonds. The Morgan fingerprint density at radius 3 is 3.07 bits per heavy atom. The van der Waals surface area contributed by atoms with Crippen molar-refractivity contribution >= 4 is 23.1 Å². The molecule has 74 valence electrons. The van der Waals surface area contributed by atoms with Crippen molar-refractivity contribution in [2.24, 2.45) is 0 Å². The second kappa shape index (κ2) is 4.05. The van der Waals surface area contributed by atoms with E-state index >= 15 is 0 Å². The van der Waals surface area contributed by atoms with E-state index in [4.69, 9.17) is 0 Å². The first-order valence-electron chi connectivity index (χ1n) is 4.15. The van der Waals surface area contributed by atoms with Crippen LogP contribution in [0.3, 0.4) is 0 Å². The van der Waals surface area contributed by atoms with Crippen LogP contribution in [0.25, 0.3) is 0 Å². The number of hydrogen-bond acceptors (Lipinski definition) is 6. The fraction of sp³-hybridized carbons (Fsp3) is 0.429. The van der Waals surface area contributed by atoms with Crippen LogP contribution in [0.1, 0.15) is 12.6 Å². The van der Waals surface area contributed by atoms with Crippen molar-refractivity contribution in [1.29, 1.82) is 0 Å². The molecular weight excluding hydrogens is 218 g/mol. The van der Waals surface area contributed by atoms with Crippen LogP contribution >= 0.6 is 23.1 Å². The van der Waals surface area contributed by atoms with Gasteiger partial charge in [0.25, 0.3) is 0 Å². The van der Waals surface area contributed by atoms with Gasteiger partial charge in [-0.25, -0.2) is 9.67 Å². The first kappa shape index (κ1) is 9.60. The quantitative estimate of drug-likeness (QED) is 0.797. The molecule has 0 bridgehead atoms. The number of nitrogens with zero attached hydrogens (tertiary/aromatic N) is 5. The van der Waals surface area contributed by atoms with Gasteiger partial charge in [-0.05, 0) is 36.0 Å². The lowest BCUT2D eigenvalue weighted by molar-refractivity contribution is 0.581. The van der Waals surface area contributed by atoms with Gasteiger partial charge < -0.3 is 0 Å². The van der Waals surface area contributed by atoms with E-state index in [2.05, 4.69) is 20.5 Å². The lowest BCUT2D eigenvalue weighted by atomic mass is 10.6. The standard InChI is InChI=1S/C7H9N5S2/c1-3-12-6(9-10-11-12)14-7-8-5(2)4-13-7/h4H,3H2,1-2H3. The summed E-state index contributed by atoms with van der Waals surface area (Å²) in [6.45, 7) is 4.76. The first-order chi connectivity index (χ1) is 6.79. The number of hydrogen-bond donors (Lipinski definition) is 0. The zero-order valence-corrected chi connectivity index (χ0v) is 9.47. The number of aromatic nitrogens is 5. The number of rotatable bonds is 3. The van der Waals surface area contributed by atoms with Crippen LogP contribution in [0.15, 0.2) is 14.9 Å². The highest BCUT2D eigenvalue weighted by Gasteiger charge is 2.08. The maximum Gasteiger partial charge on any atom is 0.216 e. The Kier molecular flexibility index (Phi) is 2.78. The molecule has 0 aliphatic rings. The van der Waals surface area contributed by atoms with Gasteiger partial charge in [0.15, 0.2) is 4.34 Å². The molecule has 0 saturated carbocycles. The predicted octanol–water partition coefficient (Wildman–Crippen LogP) is 1.61. The summed E-state index contributed by atoms with van der Waals surface area (Å²) in [5, 5.41) is 14.2. The third-order valence-electron chi connectivity index (χ3n) is 1.58. The Balaban J connectivity index is 2.18. The molecule has 2 rings (SSSR count). The summed E-state index contributed by atoms with van der Waals surface area (Å²) in [5.41, 5.74) is 1.04. The Morgan fingerprint density at radius 2 is 2.43 bits per heavy atom. The second-order valence-corrected chi connectivity index (χ2v) is 4.71. The number of tetrazole rings is 1. The van der Waals surface area contributed by atoms with Crippen LogP contribution < -0.4 is 0 Å². The highest BCUT2D eigenvalue weighted by Crippen LogP contribution is 2.27. The van der Waals surface area contributed by atoms with Gasteiger partial charge in [-0.1, -0.05) is 0 Å². The minimum Gasteiger partial charge on any atom is -0.235 e. The van der Waals surface area contributed by atoms with Gasteiger partial charge in [0.05, 0.1) is 0 Å². The fourth-order valence-electron chi connectivity index (χ4n) is 0.925. The average Bonchev–Trinajstić information content (AvgIpc) is 2.76. The monoisotopic (exact) mass is 227 g/mol. The summed E-state index contributed by atoms with van der Waals surface area (Å²) in [7, 11) is 0. The molecule has 0 spiro atoms. The van der Waals surface area contributed by atoms with Gasteiger partial charge in [-0.15, -0.1) is 16.4 Å². The van der Waals surface area contributed by atoms with Crippen LogP contribution in [0, 0.1) is 6.92 Å². The average molecular weight is 227 g/mol. The van der Waals surface area contributed by atoms with Crippen molar-refractivity contribution in [2.75, 3.05) is 0 Å². The Labute approximate surface area is 89.5 Å². The third-order valence-corrected chi connectivity index (χ3v) is 3.61. The predicted molar refractivity (Wildman–Crippen MR) is 54.5 cm³/mol. The molecule has 2 heterocycles. The van der Waals surface area contributed by atoms with Crippen LogP contribution in [0.5, 0.6) is 0 Å². The zero-order chi connectivity index (χ0) is 9.97. The Bertz CT molecular complexity index is 421. The van der Waals surface area contributed by atoms with Crippen molar-refractivity contribution < 1.29 is 0 Å². The lowest BCUT2D eigenvalue weighted by Gasteiger charge is -1.96. The molecule has 0 atom stereocenters. The minimum absolute atomic E-state index is 0.777. The summed E-state index contributed by atoms with van der Waals surface area (Å²) in [4.78, 5) is 4.33. The molecule has 14 heavy (non-hydrogen) atoms. The van der Waals surface area contributed by atoms with Crippen LogP contribution in [0.4, 0.5) is 0 Å². The molecular formula is C7H9N5S2. The van der Waals surface area contributed by atoms with E-state index in [0.29, 0.717) is 0 Å². The van der Waals surface area contributed by atoms with Crippen molar-refractivity contribution in [3.8, 4) is 0 Å². The Morgan fingerprint density at radius 1 is 1.57 bits per heavy atom. The molecule has 0 saturated heterocycles. The van der Waals surface area contributed by atoms with Gasteiger partial charge in [-0.2, -0.15) is 0 Å². The number of thiazole rings is 1. The van der Waals surface area contributed by atoms with E-state index in [1.54, 1.807) is 16.0 Å². The van der Waals surface area contributed by atoms with Gasteiger partial charge in [-0.3, -0.25) is 0 Å². The van der Waals surface area contributed by atoms with Crippen molar-refractivity contribution in [1.82, 2.24) is 25.2 Å². The smallest absolute Gasteiger partial charge is 0.216 e. The largest absolute Gasteiger partial charge is 0.235 e. The minimum atomic E-state index is 0.777. The molecule has 7 heteroatoms. The van der Waals surface area contributed by atoms with Crippen molar-refractivity contribution in [3.05, 3.63) is 11.1 Å². The van der Waals surface area contributed by atoms with Crippen LogP contribution in [-0.4, -0.2) is 25.2 Å². The van der Waals surface area contributed by atoms with Gasteiger partial charge in [0, 0.05) is 17.6 Å². The molecule has 0 aromatic carbocycles. The van der Waals surface area contributed by atoms with Gasteiger partial charge in [0.2, 0.25) is 5.16 Å². The molecule has 0 radical (unpaired) electrons.